The van der Waals surface area contributed by atoms with Crippen molar-refractivity contribution in [1.82, 2.24) is 0 Å². The molecule has 2 bridgehead atoms. The van der Waals surface area contributed by atoms with Crippen LogP contribution in [0.3, 0.4) is 0 Å². The Balaban J connectivity index is 1.60. The highest BCUT2D eigenvalue weighted by atomic mass is 32.3. The van der Waals surface area contributed by atoms with Crippen LogP contribution in [0.1, 0.15) is 80.2 Å². The Hall–Kier alpha value is -1.21. The van der Waals surface area contributed by atoms with Gasteiger partial charge in [-0.3, -0.25) is 0 Å². The minimum atomic E-state index is -1.17. The van der Waals surface area contributed by atoms with E-state index in [2.05, 4.69) is 110 Å². The lowest BCUT2D eigenvalue weighted by atomic mass is 9.74. The predicted octanol–water partition coefficient (Wildman–Crippen LogP) is 9.37. The highest BCUT2D eigenvalue weighted by molar-refractivity contribution is 8.35. The molecule has 2 aromatic carbocycles. The molecule has 32 heavy (non-hydrogen) atoms. The Morgan fingerprint density at radius 1 is 0.875 bits per heavy atom. The quantitative estimate of drug-likeness (QED) is 0.411. The first-order chi connectivity index (χ1) is 15.0. The summed E-state index contributed by atoms with van der Waals surface area (Å²) in [4.78, 5) is 3.07. The summed E-state index contributed by atoms with van der Waals surface area (Å²) in [7, 11) is -1.17. The smallest absolute Gasteiger partial charge is 0.000289 e. The van der Waals surface area contributed by atoms with Gasteiger partial charge in [-0.25, -0.2) is 0 Å². The van der Waals surface area contributed by atoms with Crippen LogP contribution in [0.25, 0.3) is 0 Å². The molecule has 0 aromatic heterocycles. The Kier molecular flexibility index (Phi) is 6.38. The molecule has 5 unspecified atom stereocenters. The summed E-state index contributed by atoms with van der Waals surface area (Å²) in [6.07, 6.45) is 5.64. The molecule has 2 aromatic rings. The third-order valence-electron chi connectivity index (χ3n) is 9.28. The fourth-order valence-corrected chi connectivity index (χ4v) is 13.2. The van der Waals surface area contributed by atoms with Crippen LogP contribution in [-0.2, 0) is 6.42 Å². The number of hydrogen-bond donors (Lipinski definition) is 0. The molecule has 0 saturated heterocycles. The second kappa shape index (κ2) is 8.53. The maximum atomic E-state index is 2.54. The molecule has 5 atom stereocenters. The molecular weight excluding hydrogens is 404 g/mol. The average Bonchev–Trinajstić information content (AvgIpc) is 3.16. The van der Waals surface area contributed by atoms with Gasteiger partial charge < -0.3 is 0 Å². The SMILES string of the molecule is CC(Cc1ccc(S(c2ccccc2)(C(C)C)C(C)(C)C)cc1)C1CC2CCC1C2(C)C. The molecule has 2 fully saturated rings. The Labute approximate surface area is 199 Å². The molecule has 0 N–H and O–H groups in total. The molecule has 2 aliphatic rings. The van der Waals surface area contributed by atoms with Crippen molar-refractivity contribution in [3.05, 3.63) is 60.2 Å². The highest BCUT2D eigenvalue weighted by Crippen LogP contribution is 2.73. The van der Waals surface area contributed by atoms with Crippen LogP contribution in [-0.4, -0.2) is 10.00 Å². The zero-order chi connectivity index (χ0) is 23.3. The molecule has 0 radical (unpaired) electrons. The minimum Gasteiger partial charge on any atom is -0.180 e. The lowest BCUT2D eigenvalue weighted by molar-refractivity contribution is 0.193. The van der Waals surface area contributed by atoms with E-state index in [1.54, 1.807) is 4.90 Å². The molecule has 2 saturated carbocycles. The monoisotopic (exact) mass is 450 g/mol. The van der Waals surface area contributed by atoms with E-state index in [0.717, 1.165) is 23.7 Å². The minimum absolute atomic E-state index is 0.200. The topological polar surface area (TPSA) is 0 Å². The third kappa shape index (κ3) is 3.77. The van der Waals surface area contributed by atoms with E-state index in [9.17, 15) is 0 Å². The summed E-state index contributed by atoms with van der Waals surface area (Å²) in [5, 5.41) is 0.589. The van der Waals surface area contributed by atoms with Gasteiger partial charge in [-0.05, 0) is 104 Å². The van der Waals surface area contributed by atoms with Gasteiger partial charge in [0.1, 0.15) is 0 Å². The van der Waals surface area contributed by atoms with Crippen molar-refractivity contribution in [3.8, 4) is 0 Å². The van der Waals surface area contributed by atoms with Gasteiger partial charge in [0.2, 0.25) is 0 Å². The third-order valence-corrected chi connectivity index (χ3v) is 14.7. The summed E-state index contributed by atoms with van der Waals surface area (Å²) in [6.45, 7) is 19.8. The van der Waals surface area contributed by atoms with Gasteiger partial charge >= 0.3 is 0 Å². The number of rotatable bonds is 6. The summed E-state index contributed by atoms with van der Waals surface area (Å²) in [5.41, 5.74) is 2.10. The van der Waals surface area contributed by atoms with Crippen LogP contribution < -0.4 is 0 Å². The number of benzene rings is 2. The molecule has 0 spiro atoms. The van der Waals surface area contributed by atoms with Crippen molar-refractivity contribution in [2.45, 2.75) is 101 Å². The fourth-order valence-electron chi connectivity index (χ4n) is 7.83. The molecule has 4 rings (SSSR count). The van der Waals surface area contributed by atoms with E-state index in [-0.39, 0.29) is 4.75 Å². The van der Waals surface area contributed by atoms with E-state index in [1.807, 2.05) is 0 Å². The van der Waals surface area contributed by atoms with Gasteiger partial charge in [0.25, 0.3) is 0 Å². The summed E-state index contributed by atoms with van der Waals surface area (Å²) < 4.78 is 0.200. The van der Waals surface area contributed by atoms with E-state index in [1.165, 1.54) is 36.1 Å². The normalized spacial score (nSPS) is 28.5. The highest BCUT2D eigenvalue weighted by Gasteiger charge is 2.54. The van der Waals surface area contributed by atoms with E-state index in [0.29, 0.717) is 10.7 Å². The van der Waals surface area contributed by atoms with Crippen molar-refractivity contribution >= 4 is 10.0 Å². The first kappa shape index (κ1) is 23.9. The molecule has 176 valence electrons. The van der Waals surface area contributed by atoms with Crippen molar-refractivity contribution < 1.29 is 0 Å². The van der Waals surface area contributed by atoms with Crippen LogP contribution in [0.2, 0.25) is 0 Å². The van der Waals surface area contributed by atoms with Gasteiger partial charge in [-0.2, -0.15) is 10.0 Å². The molecule has 0 nitrogen and oxygen atoms in total. The van der Waals surface area contributed by atoms with E-state index < -0.39 is 10.0 Å². The molecular formula is C31H46S. The van der Waals surface area contributed by atoms with Crippen molar-refractivity contribution in [2.75, 3.05) is 0 Å². The lowest BCUT2D eigenvalue weighted by Crippen LogP contribution is -2.31. The van der Waals surface area contributed by atoms with Crippen molar-refractivity contribution in [1.29, 1.82) is 0 Å². The first-order valence-corrected chi connectivity index (χ1v) is 14.6. The van der Waals surface area contributed by atoms with Gasteiger partial charge in [0.05, 0.1) is 0 Å². The largest absolute Gasteiger partial charge is 0.180 e. The van der Waals surface area contributed by atoms with Crippen LogP contribution in [0.4, 0.5) is 0 Å². The van der Waals surface area contributed by atoms with Crippen LogP contribution >= 0.6 is 10.0 Å². The van der Waals surface area contributed by atoms with Gasteiger partial charge in [0.15, 0.2) is 0 Å². The van der Waals surface area contributed by atoms with Crippen LogP contribution in [0.15, 0.2) is 64.4 Å². The summed E-state index contributed by atoms with van der Waals surface area (Å²) in [5.74, 6) is 3.62. The Morgan fingerprint density at radius 3 is 1.94 bits per heavy atom. The Bertz CT molecular complexity index is 902. The summed E-state index contributed by atoms with van der Waals surface area (Å²) in [6, 6.07) is 21.2. The van der Waals surface area contributed by atoms with Crippen molar-refractivity contribution in [2.24, 2.45) is 29.1 Å². The Morgan fingerprint density at radius 2 is 1.47 bits per heavy atom. The van der Waals surface area contributed by atoms with Crippen LogP contribution in [0, 0.1) is 29.1 Å². The summed E-state index contributed by atoms with van der Waals surface area (Å²) >= 11 is 0. The molecule has 0 heterocycles. The fraction of sp³-hybridized carbons (Fsp3) is 0.613. The standard InChI is InChI=1S/C31H46S/c1-22(2)32(30(4,5)6,26-12-10-9-11-13-26)27-17-14-24(15-18-27)20-23(3)28-21-25-16-19-29(28)31(25,7)8/h9-15,17-18,22-23,25,28-29H,16,19-21H2,1-8H3. The maximum Gasteiger partial charge on any atom is -0.000289 e. The lowest BCUT2D eigenvalue weighted by Gasteiger charge is -2.54. The molecule has 2 aliphatic carbocycles. The maximum absolute atomic E-state index is 2.54. The zero-order valence-corrected chi connectivity index (χ0v) is 22.6. The second-order valence-electron chi connectivity index (χ2n) is 12.6. The van der Waals surface area contributed by atoms with E-state index >= 15 is 0 Å². The van der Waals surface area contributed by atoms with Crippen LogP contribution in [0.5, 0.6) is 0 Å². The number of fused-ring (bicyclic) bond motifs is 2. The van der Waals surface area contributed by atoms with Gasteiger partial charge in [0, 0.05) is 0 Å². The van der Waals surface area contributed by atoms with Gasteiger partial charge in [-0.15, -0.1) is 0 Å². The molecule has 0 amide bonds. The predicted molar refractivity (Wildman–Crippen MR) is 143 cm³/mol. The molecule has 1 heteroatoms. The zero-order valence-electron chi connectivity index (χ0n) is 21.8. The number of hydrogen-bond acceptors (Lipinski definition) is 0. The second-order valence-corrected chi connectivity index (χ2v) is 17.0. The molecule has 0 aliphatic heterocycles. The van der Waals surface area contributed by atoms with Gasteiger partial charge in [-0.1, -0.05) is 85.7 Å². The van der Waals surface area contributed by atoms with Crippen molar-refractivity contribution in [3.63, 3.8) is 0 Å². The van der Waals surface area contributed by atoms with E-state index in [4.69, 9.17) is 0 Å². The first-order valence-electron chi connectivity index (χ1n) is 13.0. The average molecular weight is 451 g/mol.